The van der Waals surface area contributed by atoms with Crippen molar-refractivity contribution in [1.82, 2.24) is 4.57 Å². The highest BCUT2D eigenvalue weighted by atomic mass is 35.5. The molecule has 1 aliphatic heterocycles. The van der Waals surface area contributed by atoms with Gasteiger partial charge in [0.15, 0.2) is 0 Å². The maximum atomic E-state index is 12.4. The molecule has 0 amide bonds. The SMILES string of the molecule is CC(C)Cc1cc(Cl)cn([C@H]2CCCOC2)c1=O. The summed E-state index contributed by atoms with van der Waals surface area (Å²) in [5.74, 6) is 0.451. The summed E-state index contributed by atoms with van der Waals surface area (Å²) in [6.07, 6.45) is 4.50. The Morgan fingerprint density at radius 3 is 2.94 bits per heavy atom. The average molecular weight is 270 g/mol. The van der Waals surface area contributed by atoms with Crippen LogP contribution in [-0.4, -0.2) is 17.8 Å². The van der Waals surface area contributed by atoms with E-state index in [9.17, 15) is 4.79 Å². The molecule has 1 aromatic heterocycles. The second-order valence-corrected chi connectivity index (χ2v) is 5.80. The zero-order valence-corrected chi connectivity index (χ0v) is 11.7. The molecule has 1 atom stereocenters. The Hall–Kier alpha value is -0.800. The molecule has 2 heterocycles. The van der Waals surface area contributed by atoms with Crippen LogP contribution in [0.15, 0.2) is 17.1 Å². The number of aromatic nitrogens is 1. The summed E-state index contributed by atoms with van der Waals surface area (Å²) in [6, 6.07) is 1.93. The van der Waals surface area contributed by atoms with Crippen molar-refractivity contribution in [3.05, 3.63) is 33.2 Å². The van der Waals surface area contributed by atoms with Gasteiger partial charge in [-0.3, -0.25) is 4.79 Å². The van der Waals surface area contributed by atoms with E-state index in [0.29, 0.717) is 17.5 Å². The van der Waals surface area contributed by atoms with Crippen LogP contribution in [0.1, 0.15) is 38.3 Å². The van der Waals surface area contributed by atoms with Crippen molar-refractivity contribution in [2.75, 3.05) is 13.2 Å². The molecule has 3 nitrogen and oxygen atoms in total. The van der Waals surface area contributed by atoms with Crippen molar-refractivity contribution in [1.29, 1.82) is 0 Å². The number of hydrogen-bond donors (Lipinski definition) is 0. The summed E-state index contributed by atoms with van der Waals surface area (Å²) in [5.41, 5.74) is 0.895. The molecule has 100 valence electrons. The quantitative estimate of drug-likeness (QED) is 0.845. The molecule has 0 aliphatic carbocycles. The minimum Gasteiger partial charge on any atom is -0.379 e. The van der Waals surface area contributed by atoms with Gasteiger partial charge in [-0.15, -0.1) is 0 Å². The van der Waals surface area contributed by atoms with Gasteiger partial charge in [-0.25, -0.2) is 0 Å². The van der Waals surface area contributed by atoms with Crippen LogP contribution in [0.5, 0.6) is 0 Å². The van der Waals surface area contributed by atoms with Crippen molar-refractivity contribution in [2.45, 2.75) is 39.2 Å². The Bertz CT molecular complexity index is 461. The van der Waals surface area contributed by atoms with E-state index in [1.807, 2.05) is 0 Å². The first-order valence-corrected chi connectivity index (χ1v) is 6.94. The van der Waals surface area contributed by atoms with E-state index in [0.717, 1.165) is 31.4 Å². The molecule has 0 bridgehead atoms. The summed E-state index contributed by atoms with van der Waals surface area (Å²) >= 11 is 6.12. The van der Waals surface area contributed by atoms with Crippen molar-refractivity contribution < 1.29 is 4.74 Å². The number of hydrogen-bond acceptors (Lipinski definition) is 2. The molecule has 4 heteroatoms. The molecule has 2 rings (SSSR count). The van der Waals surface area contributed by atoms with Crippen LogP contribution in [0.25, 0.3) is 0 Å². The predicted molar refractivity (Wildman–Crippen MR) is 73.3 cm³/mol. The summed E-state index contributed by atoms with van der Waals surface area (Å²) in [6.45, 7) is 5.62. The van der Waals surface area contributed by atoms with E-state index < -0.39 is 0 Å². The van der Waals surface area contributed by atoms with E-state index >= 15 is 0 Å². The van der Waals surface area contributed by atoms with Crippen molar-refractivity contribution in [2.24, 2.45) is 5.92 Å². The van der Waals surface area contributed by atoms with Crippen molar-refractivity contribution in [3.8, 4) is 0 Å². The molecule has 1 aliphatic rings. The van der Waals surface area contributed by atoms with E-state index in [-0.39, 0.29) is 11.6 Å². The molecule has 1 aromatic rings. The smallest absolute Gasteiger partial charge is 0.254 e. The van der Waals surface area contributed by atoms with Gasteiger partial charge < -0.3 is 9.30 Å². The van der Waals surface area contributed by atoms with Crippen LogP contribution in [0.3, 0.4) is 0 Å². The molecular formula is C14H20ClNO2. The van der Waals surface area contributed by atoms with Crippen LogP contribution in [0, 0.1) is 5.92 Å². The summed E-state index contributed by atoms with van der Waals surface area (Å²) in [7, 11) is 0. The first-order chi connectivity index (χ1) is 8.58. The molecular weight excluding hydrogens is 250 g/mol. The van der Waals surface area contributed by atoms with Crippen LogP contribution < -0.4 is 5.56 Å². The monoisotopic (exact) mass is 269 g/mol. The molecule has 0 radical (unpaired) electrons. The lowest BCUT2D eigenvalue weighted by Crippen LogP contribution is -2.32. The average Bonchev–Trinajstić information content (AvgIpc) is 2.34. The number of rotatable bonds is 3. The Labute approximate surface area is 113 Å². The second kappa shape index (κ2) is 5.89. The summed E-state index contributed by atoms with van der Waals surface area (Å²) in [4.78, 5) is 12.4. The highest BCUT2D eigenvalue weighted by Crippen LogP contribution is 2.20. The molecule has 0 spiro atoms. The van der Waals surface area contributed by atoms with Gasteiger partial charge in [-0.2, -0.15) is 0 Å². The topological polar surface area (TPSA) is 31.2 Å². The van der Waals surface area contributed by atoms with Crippen molar-refractivity contribution in [3.63, 3.8) is 0 Å². The fourth-order valence-corrected chi connectivity index (χ4v) is 2.66. The van der Waals surface area contributed by atoms with E-state index in [1.165, 1.54) is 0 Å². The minimum atomic E-state index is 0.0867. The second-order valence-electron chi connectivity index (χ2n) is 5.36. The Morgan fingerprint density at radius 2 is 2.33 bits per heavy atom. The largest absolute Gasteiger partial charge is 0.379 e. The zero-order chi connectivity index (χ0) is 13.1. The van der Waals surface area contributed by atoms with Gasteiger partial charge in [-0.05, 0) is 31.2 Å². The Kier molecular flexibility index (Phi) is 4.46. The number of pyridine rings is 1. The molecule has 18 heavy (non-hydrogen) atoms. The first kappa shape index (κ1) is 13.6. The van der Waals surface area contributed by atoms with E-state index in [4.69, 9.17) is 16.3 Å². The Balaban J connectivity index is 2.34. The first-order valence-electron chi connectivity index (χ1n) is 6.56. The van der Waals surface area contributed by atoms with Gasteiger partial charge in [0.05, 0.1) is 17.7 Å². The molecule has 1 saturated heterocycles. The minimum absolute atomic E-state index is 0.0867. The lowest BCUT2D eigenvalue weighted by molar-refractivity contribution is 0.0579. The number of nitrogens with zero attached hydrogens (tertiary/aromatic N) is 1. The van der Waals surface area contributed by atoms with Gasteiger partial charge >= 0.3 is 0 Å². The summed E-state index contributed by atoms with van der Waals surface area (Å²) in [5, 5.41) is 0.635. The molecule has 0 N–H and O–H groups in total. The predicted octanol–water partition coefficient (Wildman–Crippen LogP) is 3.05. The lowest BCUT2D eigenvalue weighted by Gasteiger charge is -2.25. The highest BCUT2D eigenvalue weighted by molar-refractivity contribution is 6.30. The third-order valence-corrected chi connectivity index (χ3v) is 3.45. The third-order valence-electron chi connectivity index (χ3n) is 3.24. The molecule has 1 fully saturated rings. The lowest BCUT2D eigenvalue weighted by atomic mass is 10.0. The zero-order valence-electron chi connectivity index (χ0n) is 11.0. The fraction of sp³-hybridized carbons (Fsp3) is 0.643. The number of halogens is 1. The standard InChI is InChI=1S/C14H20ClNO2/c1-10(2)6-11-7-12(15)8-16(14(11)17)13-4-3-5-18-9-13/h7-8,10,13H,3-6,9H2,1-2H3/t13-/m0/s1. The van der Waals surface area contributed by atoms with Crippen LogP contribution in [0.4, 0.5) is 0 Å². The molecule has 0 saturated carbocycles. The maximum absolute atomic E-state index is 12.4. The van der Waals surface area contributed by atoms with E-state index in [2.05, 4.69) is 13.8 Å². The van der Waals surface area contributed by atoms with Crippen LogP contribution >= 0.6 is 11.6 Å². The maximum Gasteiger partial charge on any atom is 0.254 e. The van der Waals surface area contributed by atoms with Gasteiger partial charge in [0, 0.05) is 18.4 Å². The molecule has 0 unspecified atom stereocenters. The third kappa shape index (κ3) is 3.15. The number of ether oxygens (including phenoxy) is 1. The van der Waals surface area contributed by atoms with Gasteiger partial charge in [0.2, 0.25) is 0 Å². The normalized spacial score (nSPS) is 20.3. The Morgan fingerprint density at radius 1 is 1.56 bits per heavy atom. The van der Waals surface area contributed by atoms with Crippen molar-refractivity contribution >= 4 is 11.6 Å². The highest BCUT2D eigenvalue weighted by Gasteiger charge is 2.18. The summed E-state index contributed by atoms with van der Waals surface area (Å²) < 4.78 is 7.21. The van der Waals surface area contributed by atoms with Crippen LogP contribution in [0.2, 0.25) is 5.02 Å². The van der Waals surface area contributed by atoms with Gasteiger partial charge in [-0.1, -0.05) is 25.4 Å². The van der Waals surface area contributed by atoms with Crippen LogP contribution in [-0.2, 0) is 11.2 Å². The van der Waals surface area contributed by atoms with E-state index in [1.54, 1.807) is 16.8 Å². The van der Waals surface area contributed by atoms with Gasteiger partial charge in [0.25, 0.3) is 5.56 Å². The van der Waals surface area contributed by atoms with Gasteiger partial charge in [0.1, 0.15) is 0 Å². The molecule has 0 aromatic carbocycles. The fourth-order valence-electron chi connectivity index (χ4n) is 2.42.